The second-order valence-corrected chi connectivity index (χ2v) is 8.26. The lowest BCUT2D eigenvalue weighted by molar-refractivity contribution is -0.00548. The van der Waals surface area contributed by atoms with Crippen LogP contribution in [0.2, 0.25) is 0 Å². The van der Waals surface area contributed by atoms with E-state index in [-0.39, 0.29) is 11.4 Å². The van der Waals surface area contributed by atoms with Crippen molar-refractivity contribution >= 4 is 10.0 Å². The summed E-state index contributed by atoms with van der Waals surface area (Å²) in [6, 6.07) is 1.80. The van der Waals surface area contributed by atoms with Gasteiger partial charge in [0.05, 0.1) is 17.6 Å². The zero-order chi connectivity index (χ0) is 15.6. The minimum atomic E-state index is -3.23. The highest BCUT2D eigenvalue weighted by Crippen LogP contribution is 2.29. The molecule has 1 aromatic rings. The average molecular weight is 325 g/mol. The van der Waals surface area contributed by atoms with Gasteiger partial charge in [0.15, 0.2) is 0 Å². The Morgan fingerprint density at radius 3 is 2.77 bits per heavy atom. The fraction of sp³-hybridized carbons (Fsp3) is 0.733. The SMILES string of the molecule is Cc1nccc(C2CN(S(=O)(=O)C3CCCCC3)CCO2)n1. The maximum atomic E-state index is 12.8. The summed E-state index contributed by atoms with van der Waals surface area (Å²) in [7, 11) is -3.23. The summed E-state index contributed by atoms with van der Waals surface area (Å²) in [5.41, 5.74) is 0.760. The maximum absolute atomic E-state index is 12.8. The first-order valence-electron chi connectivity index (χ1n) is 7.97. The van der Waals surface area contributed by atoms with Crippen LogP contribution in [0, 0.1) is 6.92 Å². The van der Waals surface area contributed by atoms with Crippen LogP contribution >= 0.6 is 0 Å². The van der Waals surface area contributed by atoms with Gasteiger partial charge in [-0.1, -0.05) is 19.3 Å². The molecule has 22 heavy (non-hydrogen) atoms. The summed E-state index contributed by atoms with van der Waals surface area (Å²) < 4.78 is 33.0. The topological polar surface area (TPSA) is 72.4 Å². The van der Waals surface area contributed by atoms with Crippen LogP contribution in [-0.2, 0) is 14.8 Å². The van der Waals surface area contributed by atoms with Crippen molar-refractivity contribution in [3.63, 3.8) is 0 Å². The zero-order valence-electron chi connectivity index (χ0n) is 12.9. The number of aryl methyl sites for hydroxylation is 1. The lowest BCUT2D eigenvalue weighted by Crippen LogP contribution is -2.46. The van der Waals surface area contributed by atoms with Gasteiger partial charge in [-0.2, -0.15) is 4.31 Å². The van der Waals surface area contributed by atoms with Gasteiger partial charge in [-0.3, -0.25) is 0 Å². The van der Waals surface area contributed by atoms with Crippen LogP contribution in [0.1, 0.15) is 49.7 Å². The average Bonchev–Trinajstić information content (AvgIpc) is 2.56. The van der Waals surface area contributed by atoms with Crippen LogP contribution in [0.4, 0.5) is 0 Å². The third-order valence-corrected chi connectivity index (χ3v) is 6.86. The second-order valence-electron chi connectivity index (χ2n) is 6.05. The first-order chi connectivity index (χ1) is 10.6. The van der Waals surface area contributed by atoms with Crippen LogP contribution in [0.3, 0.4) is 0 Å². The quantitative estimate of drug-likeness (QED) is 0.847. The van der Waals surface area contributed by atoms with Gasteiger partial charge in [0.2, 0.25) is 10.0 Å². The van der Waals surface area contributed by atoms with Crippen LogP contribution in [0.25, 0.3) is 0 Å². The molecule has 0 amide bonds. The third-order valence-electron chi connectivity index (χ3n) is 4.49. The van der Waals surface area contributed by atoms with E-state index < -0.39 is 10.0 Å². The zero-order valence-corrected chi connectivity index (χ0v) is 13.8. The van der Waals surface area contributed by atoms with Gasteiger partial charge in [-0.05, 0) is 25.8 Å². The monoisotopic (exact) mass is 325 g/mol. The van der Waals surface area contributed by atoms with Crippen molar-refractivity contribution in [1.29, 1.82) is 0 Å². The van der Waals surface area contributed by atoms with E-state index in [1.165, 1.54) is 0 Å². The molecule has 0 spiro atoms. The standard InChI is InChI=1S/C15H23N3O3S/c1-12-16-8-7-14(17-12)15-11-18(9-10-21-15)22(19,20)13-5-3-2-4-6-13/h7-8,13,15H,2-6,9-11H2,1H3. The van der Waals surface area contributed by atoms with E-state index in [1.54, 1.807) is 16.6 Å². The fourth-order valence-corrected chi connectivity index (χ4v) is 5.29. The summed E-state index contributed by atoms with van der Waals surface area (Å²) in [4.78, 5) is 8.45. The Balaban J connectivity index is 1.75. The highest BCUT2D eigenvalue weighted by Gasteiger charge is 2.36. The van der Waals surface area contributed by atoms with E-state index in [1.807, 2.05) is 6.92 Å². The molecule has 2 fully saturated rings. The molecule has 1 saturated heterocycles. The lowest BCUT2D eigenvalue weighted by Gasteiger charge is -2.35. The number of aromatic nitrogens is 2. The number of nitrogens with zero attached hydrogens (tertiary/aromatic N) is 3. The van der Waals surface area contributed by atoms with Crippen molar-refractivity contribution in [2.45, 2.75) is 50.4 Å². The molecule has 0 radical (unpaired) electrons. The minimum Gasteiger partial charge on any atom is -0.369 e. The third kappa shape index (κ3) is 3.31. The maximum Gasteiger partial charge on any atom is 0.217 e. The molecule has 1 aromatic heterocycles. The Labute approximate surface area is 132 Å². The van der Waals surface area contributed by atoms with Gasteiger partial charge in [0.1, 0.15) is 11.9 Å². The number of hydrogen-bond donors (Lipinski definition) is 0. The molecule has 3 rings (SSSR count). The van der Waals surface area contributed by atoms with E-state index in [9.17, 15) is 8.42 Å². The second kappa shape index (κ2) is 6.60. The van der Waals surface area contributed by atoms with Crippen molar-refractivity contribution in [2.75, 3.05) is 19.7 Å². The van der Waals surface area contributed by atoms with Gasteiger partial charge in [-0.25, -0.2) is 18.4 Å². The summed E-state index contributed by atoms with van der Waals surface area (Å²) in [5, 5.41) is -0.216. The summed E-state index contributed by atoms with van der Waals surface area (Å²) in [5.74, 6) is 0.674. The predicted molar refractivity (Wildman–Crippen MR) is 82.8 cm³/mol. The molecule has 7 heteroatoms. The van der Waals surface area contributed by atoms with Crippen LogP contribution < -0.4 is 0 Å². The van der Waals surface area contributed by atoms with E-state index in [0.717, 1.165) is 37.8 Å². The van der Waals surface area contributed by atoms with Crippen molar-refractivity contribution in [3.8, 4) is 0 Å². The Kier molecular flexibility index (Phi) is 4.75. The van der Waals surface area contributed by atoms with Gasteiger partial charge in [0, 0.05) is 19.3 Å². The molecule has 1 aliphatic carbocycles. The van der Waals surface area contributed by atoms with Gasteiger partial charge in [0.25, 0.3) is 0 Å². The molecule has 1 aliphatic heterocycles. The van der Waals surface area contributed by atoms with Crippen molar-refractivity contribution in [3.05, 3.63) is 23.8 Å². The van der Waals surface area contributed by atoms with E-state index in [0.29, 0.717) is 25.5 Å². The number of rotatable bonds is 3. The Morgan fingerprint density at radius 1 is 1.27 bits per heavy atom. The smallest absolute Gasteiger partial charge is 0.217 e. The summed E-state index contributed by atoms with van der Waals surface area (Å²) >= 11 is 0. The van der Waals surface area contributed by atoms with Gasteiger partial charge in [-0.15, -0.1) is 0 Å². The molecule has 1 unspecified atom stereocenters. The number of ether oxygens (including phenoxy) is 1. The van der Waals surface area contributed by atoms with Crippen molar-refractivity contribution in [2.24, 2.45) is 0 Å². The number of sulfonamides is 1. The molecule has 2 aliphatic rings. The molecule has 0 N–H and O–H groups in total. The number of hydrogen-bond acceptors (Lipinski definition) is 5. The largest absolute Gasteiger partial charge is 0.369 e. The first kappa shape index (κ1) is 15.8. The van der Waals surface area contributed by atoms with Gasteiger partial charge < -0.3 is 4.74 Å². The molecule has 122 valence electrons. The summed E-state index contributed by atoms with van der Waals surface area (Å²) in [6.07, 6.45) is 6.15. The van der Waals surface area contributed by atoms with E-state index in [2.05, 4.69) is 9.97 Å². The van der Waals surface area contributed by atoms with Gasteiger partial charge >= 0.3 is 0 Å². The first-order valence-corrected chi connectivity index (χ1v) is 9.48. The Hall–Kier alpha value is -1.05. The van der Waals surface area contributed by atoms with E-state index in [4.69, 9.17) is 4.74 Å². The van der Waals surface area contributed by atoms with Crippen LogP contribution in [0.15, 0.2) is 12.3 Å². The number of morpholine rings is 1. The van der Waals surface area contributed by atoms with Crippen LogP contribution in [-0.4, -0.2) is 47.6 Å². The molecule has 6 nitrogen and oxygen atoms in total. The molecule has 0 aromatic carbocycles. The molecule has 1 saturated carbocycles. The van der Waals surface area contributed by atoms with Crippen LogP contribution in [0.5, 0.6) is 0 Å². The Morgan fingerprint density at radius 2 is 2.05 bits per heavy atom. The fourth-order valence-electron chi connectivity index (χ4n) is 3.26. The predicted octanol–water partition coefficient (Wildman–Crippen LogP) is 1.82. The van der Waals surface area contributed by atoms with E-state index >= 15 is 0 Å². The molecule has 2 heterocycles. The van der Waals surface area contributed by atoms with Crippen molar-refractivity contribution in [1.82, 2.24) is 14.3 Å². The lowest BCUT2D eigenvalue weighted by atomic mass is 10.0. The molecule has 1 atom stereocenters. The molecular formula is C15H23N3O3S. The molecule has 0 bridgehead atoms. The van der Waals surface area contributed by atoms with Crippen molar-refractivity contribution < 1.29 is 13.2 Å². The normalized spacial score (nSPS) is 25.2. The minimum absolute atomic E-state index is 0.216. The highest BCUT2D eigenvalue weighted by atomic mass is 32.2. The summed E-state index contributed by atoms with van der Waals surface area (Å²) in [6.45, 7) is 3.04. The highest BCUT2D eigenvalue weighted by molar-refractivity contribution is 7.89. The Bertz CT molecular complexity index is 614. The molecular weight excluding hydrogens is 302 g/mol.